The maximum Gasteiger partial charge on any atom is 0.357 e. The molecular weight excluding hydrogens is 276 g/mol. The molecule has 5 heteroatoms. The number of hydrogen-bond acceptors (Lipinski definition) is 4. The van der Waals surface area contributed by atoms with Gasteiger partial charge >= 0.3 is 5.97 Å². The zero-order valence-corrected chi connectivity index (χ0v) is 11.1. The molecule has 98 valence electrons. The van der Waals surface area contributed by atoms with Crippen LogP contribution < -0.4 is 0 Å². The van der Waals surface area contributed by atoms with Gasteiger partial charge in [-0.3, -0.25) is 4.98 Å². The number of benzene rings is 1. The van der Waals surface area contributed by atoms with Crippen molar-refractivity contribution in [2.45, 2.75) is 6.42 Å². The molecule has 3 heterocycles. The summed E-state index contributed by atoms with van der Waals surface area (Å²) < 4.78 is 5.05. The SMILES string of the molecule is O=C1OCCc2c1nc1c(ccc3cnccc31)c2Cl. The van der Waals surface area contributed by atoms with E-state index in [4.69, 9.17) is 16.3 Å². The lowest BCUT2D eigenvalue weighted by Crippen LogP contribution is -2.20. The summed E-state index contributed by atoms with van der Waals surface area (Å²) in [5.74, 6) is -0.402. The van der Waals surface area contributed by atoms with E-state index in [0.717, 1.165) is 21.7 Å². The third kappa shape index (κ3) is 1.51. The van der Waals surface area contributed by atoms with E-state index in [1.54, 1.807) is 12.4 Å². The first-order valence-electron chi connectivity index (χ1n) is 6.27. The van der Waals surface area contributed by atoms with E-state index in [1.165, 1.54) is 0 Å². The summed E-state index contributed by atoms with van der Waals surface area (Å²) in [6.45, 7) is 0.357. The number of aromatic nitrogens is 2. The fraction of sp³-hybridized carbons (Fsp3) is 0.133. The molecule has 1 aromatic carbocycles. The second kappa shape index (κ2) is 4.15. The molecule has 20 heavy (non-hydrogen) atoms. The van der Waals surface area contributed by atoms with Gasteiger partial charge in [0.15, 0.2) is 5.69 Å². The Hall–Kier alpha value is -2.20. The van der Waals surface area contributed by atoms with Gasteiger partial charge in [0.1, 0.15) is 0 Å². The van der Waals surface area contributed by atoms with Crippen LogP contribution in [0.3, 0.4) is 0 Å². The van der Waals surface area contributed by atoms with Crippen LogP contribution in [-0.2, 0) is 11.2 Å². The zero-order chi connectivity index (χ0) is 13.7. The van der Waals surface area contributed by atoms with Crippen molar-refractivity contribution >= 4 is 39.2 Å². The van der Waals surface area contributed by atoms with Crippen molar-refractivity contribution in [3.8, 4) is 0 Å². The number of carbonyl (C=O) groups is 1. The normalized spacial score (nSPS) is 14.3. The van der Waals surface area contributed by atoms with Crippen molar-refractivity contribution < 1.29 is 9.53 Å². The lowest BCUT2D eigenvalue weighted by atomic mass is 10.0. The molecule has 0 radical (unpaired) electrons. The van der Waals surface area contributed by atoms with Crippen molar-refractivity contribution in [2.75, 3.05) is 6.61 Å². The van der Waals surface area contributed by atoms with Gasteiger partial charge in [-0.25, -0.2) is 9.78 Å². The van der Waals surface area contributed by atoms with Gasteiger partial charge in [-0.15, -0.1) is 0 Å². The number of halogens is 1. The number of fused-ring (bicyclic) bond motifs is 4. The van der Waals surface area contributed by atoms with E-state index < -0.39 is 5.97 Å². The van der Waals surface area contributed by atoms with Crippen LogP contribution >= 0.6 is 11.6 Å². The molecule has 0 saturated heterocycles. The monoisotopic (exact) mass is 284 g/mol. The summed E-state index contributed by atoms with van der Waals surface area (Å²) >= 11 is 6.46. The number of hydrogen-bond donors (Lipinski definition) is 0. The van der Waals surface area contributed by atoms with Gasteiger partial charge in [-0.05, 0) is 6.07 Å². The fourth-order valence-electron chi connectivity index (χ4n) is 2.61. The summed E-state index contributed by atoms with van der Waals surface area (Å²) in [6, 6.07) is 5.77. The smallest absolute Gasteiger partial charge is 0.357 e. The minimum atomic E-state index is -0.402. The van der Waals surface area contributed by atoms with Crippen LogP contribution in [-0.4, -0.2) is 22.5 Å². The predicted octanol–water partition coefficient (Wildman–Crippen LogP) is 3.15. The number of pyridine rings is 2. The van der Waals surface area contributed by atoms with Crippen LogP contribution in [0.1, 0.15) is 16.1 Å². The van der Waals surface area contributed by atoms with Gasteiger partial charge < -0.3 is 4.74 Å². The van der Waals surface area contributed by atoms with E-state index in [-0.39, 0.29) is 0 Å². The van der Waals surface area contributed by atoms with E-state index in [2.05, 4.69) is 9.97 Å². The zero-order valence-electron chi connectivity index (χ0n) is 10.4. The quantitative estimate of drug-likeness (QED) is 0.470. The maximum absolute atomic E-state index is 11.9. The van der Waals surface area contributed by atoms with Gasteiger partial charge in [0.05, 0.1) is 17.1 Å². The van der Waals surface area contributed by atoms with Crippen LogP contribution in [0.2, 0.25) is 5.02 Å². The molecule has 1 aliphatic heterocycles. The molecule has 0 atom stereocenters. The summed E-state index contributed by atoms with van der Waals surface area (Å²) in [7, 11) is 0. The number of cyclic esters (lactones) is 1. The molecule has 4 rings (SSSR count). The third-order valence-electron chi connectivity index (χ3n) is 3.58. The van der Waals surface area contributed by atoms with Crippen molar-refractivity contribution in [1.82, 2.24) is 9.97 Å². The number of ether oxygens (including phenoxy) is 1. The lowest BCUT2D eigenvalue weighted by Gasteiger charge is -2.17. The molecule has 0 spiro atoms. The van der Waals surface area contributed by atoms with E-state index in [9.17, 15) is 4.79 Å². The molecule has 2 aromatic heterocycles. The maximum atomic E-state index is 11.9. The van der Waals surface area contributed by atoms with Crippen LogP contribution in [0, 0.1) is 0 Å². The van der Waals surface area contributed by atoms with Crippen LogP contribution in [0.25, 0.3) is 21.7 Å². The second-order valence-corrected chi connectivity index (χ2v) is 5.08. The van der Waals surface area contributed by atoms with Gasteiger partial charge in [-0.1, -0.05) is 23.7 Å². The highest BCUT2D eigenvalue weighted by Crippen LogP contribution is 2.34. The van der Waals surface area contributed by atoms with Gasteiger partial charge in [0.2, 0.25) is 0 Å². The van der Waals surface area contributed by atoms with E-state index in [0.29, 0.717) is 29.3 Å². The summed E-state index contributed by atoms with van der Waals surface area (Å²) in [4.78, 5) is 20.5. The number of carbonyl (C=O) groups excluding carboxylic acids is 1. The standard InChI is InChI=1S/C15H9ClN2O2/c16-12-10-2-1-8-7-17-5-3-9(8)13(10)18-14-11(12)4-6-20-15(14)19/h1-3,5,7H,4,6H2. The van der Waals surface area contributed by atoms with Gasteiger partial charge in [0.25, 0.3) is 0 Å². The minimum Gasteiger partial charge on any atom is -0.461 e. The lowest BCUT2D eigenvalue weighted by molar-refractivity contribution is 0.0472. The highest BCUT2D eigenvalue weighted by atomic mass is 35.5. The van der Waals surface area contributed by atoms with Crippen LogP contribution in [0.15, 0.2) is 30.6 Å². The highest BCUT2D eigenvalue weighted by Gasteiger charge is 2.25. The molecule has 0 saturated carbocycles. The van der Waals surface area contributed by atoms with Crippen molar-refractivity contribution in [3.63, 3.8) is 0 Å². The summed E-state index contributed by atoms with van der Waals surface area (Å²) in [5, 5.41) is 3.35. The van der Waals surface area contributed by atoms with Crippen molar-refractivity contribution in [2.24, 2.45) is 0 Å². The molecule has 3 aromatic rings. The number of rotatable bonds is 0. The predicted molar refractivity (Wildman–Crippen MR) is 76.0 cm³/mol. The summed E-state index contributed by atoms with van der Waals surface area (Å²) in [5.41, 5.74) is 1.83. The molecule has 0 bridgehead atoms. The Morgan fingerprint density at radius 1 is 1.20 bits per heavy atom. The molecule has 4 nitrogen and oxygen atoms in total. The Balaban J connectivity index is 2.20. The molecule has 0 aliphatic carbocycles. The van der Waals surface area contributed by atoms with Crippen LogP contribution in [0.5, 0.6) is 0 Å². The summed E-state index contributed by atoms with van der Waals surface area (Å²) in [6.07, 6.45) is 4.08. The third-order valence-corrected chi connectivity index (χ3v) is 4.01. The minimum absolute atomic E-state index is 0.332. The van der Waals surface area contributed by atoms with Crippen molar-refractivity contribution in [1.29, 1.82) is 0 Å². The Labute approximate surface area is 119 Å². The highest BCUT2D eigenvalue weighted by molar-refractivity contribution is 6.37. The Bertz CT molecular complexity index is 877. The largest absolute Gasteiger partial charge is 0.461 e. The molecule has 1 aliphatic rings. The second-order valence-electron chi connectivity index (χ2n) is 4.70. The van der Waals surface area contributed by atoms with E-state index in [1.807, 2.05) is 18.2 Å². The van der Waals surface area contributed by atoms with Crippen molar-refractivity contribution in [3.05, 3.63) is 46.9 Å². The topological polar surface area (TPSA) is 52.1 Å². The fourth-order valence-corrected chi connectivity index (χ4v) is 2.94. The first-order chi connectivity index (χ1) is 9.75. The molecular formula is C15H9ClN2O2. The Morgan fingerprint density at radius 2 is 2.10 bits per heavy atom. The molecule has 0 fully saturated rings. The molecule has 0 N–H and O–H groups in total. The number of nitrogens with zero attached hydrogens (tertiary/aromatic N) is 2. The van der Waals surface area contributed by atoms with Crippen LogP contribution in [0.4, 0.5) is 0 Å². The molecule has 0 unspecified atom stereocenters. The molecule has 0 amide bonds. The Morgan fingerprint density at radius 3 is 3.00 bits per heavy atom. The van der Waals surface area contributed by atoms with E-state index >= 15 is 0 Å². The Kier molecular flexibility index (Phi) is 2.41. The average Bonchev–Trinajstić information content (AvgIpc) is 2.48. The first kappa shape index (κ1) is 11.6. The number of esters is 1. The van der Waals surface area contributed by atoms with Gasteiger partial charge in [-0.2, -0.15) is 0 Å². The van der Waals surface area contributed by atoms with Gasteiger partial charge in [0, 0.05) is 40.5 Å². The first-order valence-corrected chi connectivity index (χ1v) is 6.65. The average molecular weight is 285 g/mol.